The standard InChI is InChI=1S/C21H14F2N2OS/c22-15-7-5-14(6-8-15)20-11-9-16(27-20)10-12-21(26)25-19(13-24)17-3-1-2-4-18(17)23/h1-12,19H,(H,25,26)/b12-10+. The fourth-order valence-electron chi connectivity index (χ4n) is 2.45. The van der Waals surface area contributed by atoms with Crippen LogP contribution in [0.1, 0.15) is 16.5 Å². The second kappa shape index (κ2) is 8.39. The van der Waals surface area contributed by atoms with Crippen LogP contribution in [0.2, 0.25) is 0 Å². The molecule has 0 saturated carbocycles. The number of carbonyl (C=O) groups is 1. The minimum absolute atomic E-state index is 0.122. The molecule has 134 valence electrons. The largest absolute Gasteiger partial charge is 0.333 e. The van der Waals surface area contributed by atoms with Crippen molar-refractivity contribution >= 4 is 23.3 Å². The number of hydrogen-bond donors (Lipinski definition) is 1. The Labute approximate surface area is 159 Å². The molecule has 0 radical (unpaired) electrons. The molecule has 3 aromatic rings. The molecule has 0 bridgehead atoms. The second-order valence-electron chi connectivity index (χ2n) is 5.63. The van der Waals surface area contributed by atoms with E-state index in [1.165, 1.54) is 47.7 Å². The van der Waals surface area contributed by atoms with Crippen molar-refractivity contribution in [1.29, 1.82) is 5.26 Å². The van der Waals surface area contributed by atoms with Crippen LogP contribution in [0.3, 0.4) is 0 Å². The molecule has 1 N–H and O–H groups in total. The highest BCUT2D eigenvalue weighted by Gasteiger charge is 2.16. The van der Waals surface area contributed by atoms with E-state index in [4.69, 9.17) is 0 Å². The number of nitrogens with zero attached hydrogens (tertiary/aromatic N) is 1. The van der Waals surface area contributed by atoms with E-state index in [0.717, 1.165) is 15.3 Å². The number of nitriles is 1. The summed E-state index contributed by atoms with van der Waals surface area (Å²) in [6.45, 7) is 0. The van der Waals surface area contributed by atoms with Crippen LogP contribution < -0.4 is 5.32 Å². The number of carbonyl (C=O) groups excluding carboxylic acids is 1. The maximum absolute atomic E-state index is 13.8. The lowest BCUT2D eigenvalue weighted by Crippen LogP contribution is -2.26. The summed E-state index contributed by atoms with van der Waals surface area (Å²) in [6, 6.07) is 16.5. The molecule has 0 aliphatic heterocycles. The molecule has 0 aliphatic carbocycles. The van der Waals surface area contributed by atoms with Gasteiger partial charge in [-0.2, -0.15) is 5.26 Å². The Balaban J connectivity index is 1.67. The van der Waals surface area contributed by atoms with Gasteiger partial charge in [0, 0.05) is 21.4 Å². The van der Waals surface area contributed by atoms with Gasteiger partial charge in [0.15, 0.2) is 0 Å². The Hall–Kier alpha value is -3.30. The molecule has 1 heterocycles. The average molecular weight is 380 g/mol. The highest BCUT2D eigenvalue weighted by Crippen LogP contribution is 2.29. The normalized spacial score (nSPS) is 11.9. The first-order chi connectivity index (χ1) is 13.1. The summed E-state index contributed by atoms with van der Waals surface area (Å²) in [6.07, 6.45) is 2.91. The Morgan fingerprint density at radius 1 is 1.07 bits per heavy atom. The average Bonchev–Trinajstić information content (AvgIpc) is 3.15. The van der Waals surface area contributed by atoms with Crippen LogP contribution in [0.5, 0.6) is 0 Å². The Bertz CT molecular complexity index is 1020. The van der Waals surface area contributed by atoms with Gasteiger partial charge in [-0.1, -0.05) is 30.3 Å². The molecule has 0 aliphatic rings. The van der Waals surface area contributed by atoms with E-state index in [9.17, 15) is 18.8 Å². The zero-order chi connectivity index (χ0) is 19.2. The third-order valence-electron chi connectivity index (χ3n) is 3.79. The fourth-order valence-corrected chi connectivity index (χ4v) is 3.36. The molecule has 6 heteroatoms. The summed E-state index contributed by atoms with van der Waals surface area (Å²) in [4.78, 5) is 13.8. The summed E-state index contributed by atoms with van der Waals surface area (Å²) in [5.74, 6) is -1.34. The van der Waals surface area contributed by atoms with E-state index in [0.29, 0.717) is 0 Å². The van der Waals surface area contributed by atoms with Crippen molar-refractivity contribution in [1.82, 2.24) is 5.32 Å². The molecule has 3 rings (SSSR count). The fraction of sp³-hybridized carbons (Fsp3) is 0.0476. The number of amides is 1. The molecular formula is C21H14F2N2OS. The SMILES string of the molecule is N#CC(NC(=O)/C=C/c1ccc(-c2ccc(F)cc2)s1)c1ccccc1F. The van der Waals surface area contributed by atoms with Crippen molar-refractivity contribution in [3.63, 3.8) is 0 Å². The van der Waals surface area contributed by atoms with Crippen LogP contribution in [0.4, 0.5) is 8.78 Å². The van der Waals surface area contributed by atoms with Crippen molar-refractivity contribution in [3.05, 3.63) is 88.8 Å². The van der Waals surface area contributed by atoms with E-state index in [-0.39, 0.29) is 11.4 Å². The molecule has 1 unspecified atom stereocenters. The number of thiophene rings is 1. The number of hydrogen-bond acceptors (Lipinski definition) is 3. The molecule has 1 atom stereocenters. The highest BCUT2D eigenvalue weighted by molar-refractivity contribution is 7.16. The monoisotopic (exact) mass is 380 g/mol. The van der Waals surface area contributed by atoms with E-state index in [1.54, 1.807) is 24.3 Å². The minimum Gasteiger partial charge on any atom is -0.333 e. The molecule has 2 aromatic carbocycles. The lowest BCUT2D eigenvalue weighted by atomic mass is 10.1. The van der Waals surface area contributed by atoms with Gasteiger partial charge in [0.1, 0.15) is 17.7 Å². The van der Waals surface area contributed by atoms with Gasteiger partial charge in [0.25, 0.3) is 0 Å². The summed E-state index contributed by atoms with van der Waals surface area (Å²) in [5, 5.41) is 11.7. The van der Waals surface area contributed by atoms with Gasteiger partial charge in [-0.05, 0) is 42.0 Å². The zero-order valence-electron chi connectivity index (χ0n) is 14.0. The molecule has 0 fully saturated rings. The molecule has 1 amide bonds. The number of rotatable bonds is 5. The highest BCUT2D eigenvalue weighted by atomic mass is 32.1. The van der Waals surface area contributed by atoms with E-state index in [2.05, 4.69) is 5.32 Å². The van der Waals surface area contributed by atoms with Gasteiger partial charge in [0.05, 0.1) is 6.07 Å². The van der Waals surface area contributed by atoms with Gasteiger partial charge in [-0.25, -0.2) is 8.78 Å². The zero-order valence-corrected chi connectivity index (χ0v) is 14.8. The van der Waals surface area contributed by atoms with Gasteiger partial charge in [-0.15, -0.1) is 11.3 Å². The predicted octanol–water partition coefficient (Wildman–Crippen LogP) is 5.09. The van der Waals surface area contributed by atoms with Gasteiger partial charge >= 0.3 is 0 Å². The van der Waals surface area contributed by atoms with Crippen molar-refractivity contribution in [2.45, 2.75) is 6.04 Å². The summed E-state index contributed by atoms with van der Waals surface area (Å²) < 4.78 is 26.8. The molecule has 0 saturated heterocycles. The third kappa shape index (κ3) is 4.66. The molecule has 0 spiro atoms. The topological polar surface area (TPSA) is 52.9 Å². The Morgan fingerprint density at radius 2 is 1.81 bits per heavy atom. The third-order valence-corrected chi connectivity index (χ3v) is 4.89. The minimum atomic E-state index is -1.07. The van der Waals surface area contributed by atoms with Crippen LogP contribution in [-0.4, -0.2) is 5.91 Å². The molecule has 1 aromatic heterocycles. The van der Waals surface area contributed by atoms with Crippen molar-refractivity contribution in [3.8, 4) is 16.5 Å². The van der Waals surface area contributed by atoms with Crippen molar-refractivity contribution in [2.75, 3.05) is 0 Å². The number of benzene rings is 2. The van der Waals surface area contributed by atoms with Crippen LogP contribution in [0, 0.1) is 23.0 Å². The maximum Gasteiger partial charge on any atom is 0.245 e. The van der Waals surface area contributed by atoms with Crippen molar-refractivity contribution in [2.24, 2.45) is 0 Å². The van der Waals surface area contributed by atoms with Gasteiger partial charge in [-0.3, -0.25) is 4.79 Å². The van der Waals surface area contributed by atoms with Crippen LogP contribution in [0.25, 0.3) is 16.5 Å². The Morgan fingerprint density at radius 3 is 2.52 bits per heavy atom. The first-order valence-corrected chi connectivity index (χ1v) is 8.87. The van der Waals surface area contributed by atoms with E-state index >= 15 is 0 Å². The molecule has 27 heavy (non-hydrogen) atoms. The van der Waals surface area contributed by atoms with Gasteiger partial charge in [0.2, 0.25) is 5.91 Å². The second-order valence-corrected chi connectivity index (χ2v) is 6.75. The van der Waals surface area contributed by atoms with Crippen LogP contribution in [-0.2, 0) is 4.79 Å². The first kappa shape index (κ1) is 18.5. The van der Waals surface area contributed by atoms with Crippen LogP contribution in [0.15, 0.2) is 66.7 Å². The predicted molar refractivity (Wildman–Crippen MR) is 102 cm³/mol. The molecule has 3 nitrogen and oxygen atoms in total. The molecular weight excluding hydrogens is 366 g/mol. The van der Waals surface area contributed by atoms with Crippen LogP contribution >= 0.6 is 11.3 Å². The smallest absolute Gasteiger partial charge is 0.245 e. The summed E-state index contributed by atoms with van der Waals surface area (Å²) in [5.41, 5.74) is 1.01. The van der Waals surface area contributed by atoms with Gasteiger partial charge < -0.3 is 5.32 Å². The maximum atomic E-state index is 13.8. The van der Waals surface area contributed by atoms with E-state index in [1.807, 2.05) is 18.2 Å². The quantitative estimate of drug-likeness (QED) is 0.627. The number of halogens is 2. The summed E-state index contributed by atoms with van der Waals surface area (Å²) >= 11 is 1.44. The Kier molecular flexibility index (Phi) is 5.74. The van der Waals surface area contributed by atoms with Crippen molar-refractivity contribution < 1.29 is 13.6 Å². The lowest BCUT2D eigenvalue weighted by molar-refractivity contribution is -0.116. The first-order valence-electron chi connectivity index (χ1n) is 8.05. The summed E-state index contributed by atoms with van der Waals surface area (Å²) in [7, 11) is 0. The van der Waals surface area contributed by atoms with E-state index < -0.39 is 17.8 Å². The lowest BCUT2D eigenvalue weighted by Gasteiger charge is -2.10. The number of nitrogens with one attached hydrogen (secondary N) is 1.